The molecule has 2 aromatic carbocycles. The van der Waals surface area contributed by atoms with Gasteiger partial charge in [-0.3, -0.25) is 24.7 Å². The monoisotopic (exact) mass is 490 g/mol. The summed E-state index contributed by atoms with van der Waals surface area (Å²) >= 11 is 0. The Morgan fingerprint density at radius 2 is 1.92 bits per heavy atom. The number of hydroxylamine groups is 1. The van der Waals surface area contributed by atoms with Crippen molar-refractivity contribution in [2.24, 2.45) is 0 Å². The molecule has 8 nitrogen and oxygen atoms in total. The number of amides is 2. The quantitative estimate of drug-likeness (QED) is 0.326. The molecule has 2 heterocycles. The van der Waals surface area contributed by atoms with E-state index in [0.717, 1.165) is 35.1 Å². The van der Waals surface area contributed by atoms with Gasteiger partial charge in [-0.15, -0.1) is 0 Å². The van der Waals surface area contributed by atoms with Crippen LogP contribution in [-0.2, 0) is 11.4 Å². The van der Waals surface area contributed by atoms with E-state index in [1.54, 1.807) is 29.7 Å². The molecule has 1 fully saturated rings. The van der Waals surface area contributed by atoms with Crippen LogP contribution in [0.5, 0.6) is 5.75 Å². The van der Waals surface area contributed by atoms with Crippen LogP contribution < -0.4 is 15.5 Å². The van der Waals surface area contributed by atoms with Gasteiger partial charge < -0.3 is 10.1 Å². The van der Waals surface area contributed by atoms with Crippen molar-refractivity contribution in [3.63, 3.8) is 0 Å². The number of rotatable bonds is 8. The van der Waals surface area contributed by atoms with Crippen LogP contribution in [0.2, 0.25) is 0 Å². The van der Waals surface area contributed by atoms with Crippen molar-refractivity contribution in [2.75, 3.05) is 13.1 Å². The second-order valence-corrected chi connectivity index (χ2v) is 9.87. The van der Waals surface area contributed by atoms with Gasteiger partial charge in [-0.25, -0.2) is 5.48 Å². The van der Waals surface area contributed by atoms with E-state index in [1.165, 1.54) is 0 Å². The Bertz CT molecular complexity index is 1230. The molecular formula is C28H34N4O4. The molecule has 2 amide bonds. The van der Waals surface area contributed by atoms with Crippen molar-refractivity contribution >= 4 is 22.7 Å². The first-order valence-electron chi connectivity index (χ1n) is 12.4. The fourth-order valence-electron chi connectivity index (χ4n) is 4.94. The number of aryl methyl sites for hydroxylation is 1. The smallest absolute Gasteiger partial charge is 0.251 e. The van der Waals surface area contributed by atoms with Crippen molar-refractivity contribution in [3.05, 3.63) is 71.4 Å². The Morgan fingerprint density at radius 3 is 2.64 bits per heavy atom. The zero-order valence-electron chi connectivity index (χ0n) is 21.1. The Balaban J connectivity index is 1.45. The number of benzene rings is 2. The number of piperidine rings is 1. The summed E-state index contributed by atoms with van der Waals surface area (Å²) in [5.74, 6) is -0.111. The fourth-order valence-corrected chi connectivity index (χ4v) is 4.94. The van der Waals surface area contributed by atoms with Crippen molar-refractivity contribution in [1.82, 2.24) is 20.7 Å². The summed E-state index contributed by atoms with van der Waals surface area (Å²) in [5, 5.41) is 13.3. The standard InChI is InChI=1S/C28H34N4O4/c1-19(2)32-14-6-13-28(18-32,16-26(33)31-35)30-27(34)21-9-11-23(12-10-21)36-17-22-15-20(3)29-25-8-5-4-7-24(22)25/h4-5,7-12,15,19,35H,6,13-14,16-18H2,1-3H3,(H,30,34)(H,31,33). The van der Waals surface area contributed by atoms with Gasteiger partial charge in [0, 0.05) is 34.8 Å². The predicted octanol–water partition coefficient (Wildman–Crippen LogP) is 3.99. The van der Waals surface area contributed by atoms with E-state index in [0.29, 0.717) is 30.9 Å². The normalized spacial score (nSPS) is 18.2. The maximum atomic E-state index is 13.2. The van der Waals surface area contributed by atoms with Gasteiger partial charge >= 0.3 is 0 Å². The summed E-state index contributed by atoms with van der Waals surface area (Å²) in [6.07, 6.45) is 1.53. The van der Waals surface area contributed by atoms with E-state index in [4.69, 9.17) is 9.94 Å². The van der Waals surface area contributed by atoms with Crippen molar-refractivity contribution in [1.29, 1.82) is 0 Å². The molecule has 4 rings (SSSR count). The minimum absolute atomic E-state index is 0.0129. The number of hydrogen-bond acceptors (Lipinski definition) is 6. The maximum Gasteiger partial charge on any atom is 0.251 e. The summed E-state index contributed by atoms with van der Waals surface area (Å²) in [4.78, 5) is 32.0. The first-order valence-corrected chi connectivity index (χ1v) is 12.4. The van der Waals surface area contributed by atoms with Gasteiger partial charge in [0.25, 0.3) is 5.91 Å². The number of carbonyl (C=O) groups is 2. The second-order valence-electron chi connectivity index (χ2n) is 9.87. The molecule has 3 N–H and O–H groups in total. The van der Waals surface area contributed by atoms with Crippen LogP contribution in [0.15, 0.2) is 54.6 Å². The topological polar surface area (TPSA) is 104 Å². The van der Waals surface area contributed by atoms with Crippen LogP contribution in [0.1, 0.15) is 54.7 Å². The van der Waals surface area contributed by atoms with E-state index in [1.807, 2.05) is 37.3 Å². The Kier molecular flexibility index (Phi) is 7.86. The number of aromatic nitrogens is 1. The largest absolute Gasteiger partial charge is 0.489 e. The average Bonchev–Trinajstić information content (AvgIpc) is 2.87. The molecule has 1 atom stereocenters. The molecular weight excluding hydrogens is 456 g/mol. The molecule has 8 heteroatoms. The highest BCUT2D eigenvalue weighted by Crippen LogP contribution is 2.27. The summed E-state index contributed by atoms with van der Waals surface area (Å²) in [5.41, 5.74) is 4.37. The lowest BCUT2D eigenvalue weighted by Crippen LogP contribution is -2.61. The zero-order chi connectivity index (χ0) is 25.7. The lowest BCUT2D eigenvalue weighted by Gasteiger charge is -2.44. The molecule has 1 aromatic heterocycles. The first-order chi connectivity index (χ1) is 17.3. The molecule has 0 radical (unpaired) electrons. The van der Waals surface area contributed by atoms with E-state index in [9.17, 15) is 9.59 Å². The molecule has 36 heavy (non-hydrogen) atoms. The third-order valence-electron chi connectivity index (χ3n) is 6.78. The highest BCUT2D eigenvalue weighted by Gasteiger charge is 2.39. The van der Waals surface area contributed by atoms with Gasteiger partial charge in [0.1, 0.15) is 12.4 Å². The number of fused-ring (bicyclic) bond motifs is 1. The molecule has 0 saturated carbocycles. The van der Waals surface area contributed by atoms with E-state index >= 15 is 0 Å². The highest BCUT2D eigenvalue weighted by atomic mass is 16.5. The molecule has 0 bridgehead atoms. The highest BCUT2D eigenvalue weighted by molar-refractivity contribution is 5.95. The van der Waals surface area contributed by atoms with E-state index in [-0.39, 0.29) is 18.4 Å². The van der Waals surface area contributed by atoms with Crippen LogP contribution in [0.4, 0.5) is 0 Å². The number of ether oxygens (including phenoxy) is 1. The maximum absolute atomic E-state index is 13.2. The van der Waals surface area contributed by atoms with Gasteiger partial charge in [-0.1, -0.05) is 18.2 Å². The number of hydrogen-bond donors (Lipinski definition) is 3. The molecule has 1 aliphatic rings. The van der Waals surface area contributed by atoms with Crippen LogP contribution in [0.3, 0.4) is 0 Å². The molecule has 1 unspecified atom stereocenters. The molecule has 1 saturated heterocycles. The lowest BCUT2D eigenvalue weighted by molar-refractivity contribution is -0.131. The molecule has 0 spiro atoms. The van der Waals surface area contributed by atoms with E-state index < -0.39 is 11.4 Å². The molecule has 0 aliphatic carbocycles. The number of nitrogens with zero attached hydrogens (tertiary/aromatic N) is 2. The minimum Gasteiger partial charge on any atom is -0.489 e. The van der Waals surface area contributed by atoms with Crippen molar-refractivity contribution in [2.45, 2.75) is 58.2 Å². The number of para-hydroxylation sites is 1. The average molecular weight is 491 g/mol. The van der Waals surface area contributed by atoms with Gasteiger partial charge in [0.15, 0.2) is 0 Å². The number of likely N-dealkylation sites (tertiary alicyclic amines) is 1. The number of nitrogens with one attached hydrogen (secondary N) is 2. The fraction of sp³-hybridized carbons (Fsp3) is 0.393. The third kappa shape index (κ3) is 6.01. The van der Waals surface area contributed by atoms with Crippen LogP contribution in [0.25, 0.3) is 10.9 Å². The number of carbonyl (C=O) groups excluding carboxylic acids is 2. The minimum atomic E-state index is -0.748. The summed E-state index contributed by atoms with van der Waals surface area (Å²) < 4.78 is 6.02. The van der Waals surface area contributed by atoms with Crippen LogP contribution in [-0.4, -0.2) is 51.6 Å². The Morgan fingerprint density at radius 1 is 1.17 bits per heavy atom. The van der Waals surface area contributed by atoms with Gasteiger partial charge in [0.05, 0.1) is 17.5 Å². The van der Waals surface area contributed by atoms with Gasteiger partial charge in [-0.05, 0) is 76.6 Å². The predicted molar refractivity (Wildman–Crippen MR) is 138 cm³/mol. The van der Waals surface area contributed by atoms with Crippen LogP contribution >= 0.6 is 0 Å². The SMILES string of the molecule is Cc1cc(COc2ccc(C(=O)NC3(CC(=O)NO)CCCN(C(C)C)C3)cc2)c2ccccc2n1. The zero-order valence-corrected chi connectivity index (χ0v) is 21.1. The summed E-state index contributed by atoms with van der Waals surface area (Å²) in [6.45, 7) is 8.00. The van der Waals surface area contributed by atoms with Crippen LogP contribution in [0, 0.1) is 6.92 Å². The van der Waals surface area contributed by atoms with Gasteiger partial charge in [-0.2, -0.15) is 0 Å². The number of pyridine rings is 1. The van der Waals surface area contributed by atoms with Gasteiger partial charge in [0.2, 0.25) is 5.91 Å². The van der Waals surface area contributed by atoms with Crippen molar-refractivity contribution in [3.8, 4) is 5.75 Å². The molecule has 190 valence electrons. The van der Waals surface area contributed by atoms with Crippen molar-refractivity contribution < 1.29 is 19.5 Å². The Hall–Kier alpha value is -3.49. The summed E-state index contributed by atoms with van der Waals surface area (Å²) in [7, 11) is 0. The second kappa shape index (κ2) is 11.1. The van der Waals surface area contributed by atoms with E-state index in [2.05, 4.69) is 29.0 Å². The molecule has 1 aliphatic heterocycles. The first kappa shape index (κ1) is 25.6. The third-order valence-corrected chi connectivity index (χ3v) is 6.78. The lowest BCUT2D eigenvalue weighted by atomic mass is 9.84. The summed E-state index contributed by atoms with van der Waals surface area (Å²) in [6, 6.07) is 17.3. The Labute approximate surface area is 211 Å². The molecule has 3 aromatic rings.